The van der Waals surface area contributed by atoms with Gasteiger partial charge in [0.15, 0.2) is 11.5 Å². The van der Waals surface area contributed by atoms with Crippen LogP contribution >= 0.6 is 0 Å². The number of rotatable bonds is 8. The lowest BCUT2D eigenvalue weighted by Gasteiger charge is -2.21. The molecular formula is C15H22N2O2. The Morgan fingerprint density at radius 2 is 2.00 bits per heavy atom. The number of ether oxygens (including phenoxy) is 2. The molecule has 1 atom stereocenters. The Morgan fingerprint density at radius 3 is 2.58 bits per heavy atom. The summed E-state index contributed by atoms with van der Waals surface area (Å²) in [7, 11) is 1.63. The molecule has 1 unspecified atom stereocenters. The van der Waals surface area contributed by atoms with E-state index in [9.17, 15) is 0 Å². The SMILES string of the molecule is CCN(CCOc1ccccc1OC)CC(C)C#N. The van der Waals surface area contributed by atoms with E-state index in [0.29, 0.717) is 6.61 Å². The molecule has 4 heteroatoms. The van der Waals surface area contributed by atoms with Crippen molar-refractivity contribution in [2.75, 3.05) is 33.4 Å². The molecule has 1 aromatic rings. The van der Waals surface area contributed by atoms with Crippen molar-refractivity contribution in [1.82, 2.24) is 4.90 Å². The van der Waals surface area contributed by atoms with E-state index in [1.54, 1.807) is 7.11 Å². The summed E-state index contributed by atoms with van der Waals surface area (Å²) in [6, 6.07) is 9.87. The predicted molar refractivity (Wildman–Crippen MR) is 75.4 cm³/mol. The van der Waals surface area contributed by atoms with E-state index in [1.165, 1.54) is 0 Å². The molecule has 0 amide bonds. The minimum atomic E-state index is 0.0474. The van der Waals surface area contributed by atoms with Crippen LogP contribution in [0.15, 0.2) is 24.3 Å². The van der Waals surface area contributed by atoms with E-state index in [2.05, 4.69) is 17.9 Å². The highest BCUT2D eigenvalue weighted by Gasteiger charge is 2.08. The quantitative estimate of drug-likeness (QED) is 0.722. The van der Waals surface area contributed by atoms with Crippen molar-refractivity contribution in [3.05, 3.63) is 24.3 Å². The van der Waals surface area contributed by atoms with Crippen LogP contribution in [-0.2, 0) is 0 Å². The average molecular weight is 262 g/mol. The topological polar surface area (TPSA) is 45.5 Å². The molecule has 0 aliphatic carbocycles. The molecule has 104 valence electrons. The Morgan fingerprint density at radius 1 is 1.32 bits per heavy atom. The van der Waals surface area contributed by atoms with Gasteiger partial charge in [-0.2, -0.15) is 5.26 Å². The molecule has 0 fully saturated rings. The van der Waals surface area contributed by atoms with E-state index in [-0.39, 0.29) is 5.92 Å². The number of para-hydroxylation sites is 2. The van der Waals surface area contributed by atoms with Crippen molar-refractivity contribution >= 4 is 0 Å². The lowest BCUT2D eigenvalue weighted by atomic mass is 10.2. The largest absolute Gasteiger partial charge is 0.493 e. The fraction of sp³-hybridized carbons (Fsp3) is 0.533. The number of methoxy groups -OCH3 is 1. The summed E-state index contributed by atoms with van der Waals surface area (Å²) >= 11 is 0. The van der Waals surface area contributed by atoms with E-state index in [0.717, 1.165) is 31.1 Å². The highest BCUT2D eigenvalue weighted by molar-refractivity contribution is 5.39. The molecule has 1 rings (SSSR count). The number of likely N-dealkylation sites (N-methyl/N-ethyl adjacent to an activating group) is 1. The second-order valence-electron chi connectivity index (χ2n) is 4.42. The van der Waals surface area contributed by atoms with Gasteiger partial charge in [-0.3, -0.25) is 4.90 Å². The van der Waals surface area contributed by atoms with Crippen molar-refractivity contribution in [2.24, 2.45) is 5.92 Å². The minimum Gasteiger partial charge on any atom is -0.493 e. The molecule has 0 aromatic heterocycles. The van der Waals surface area contributed by atoms with Crippen LogP contribution in [0.4, 0.5) is 0 Å². The van der Waals surface area contributed by atoms with Crippen molar-refractivity contribution in [2.45, 2.75) is 13.8 Å². The number of hydrogen-bond donors (Lipinski definition) is 0. The lowest BCUT2D eigenvalue weighted by molar-refractivity contribution is 0.202. The highest BCUT2D eigenvalue weighted by Crippen LogP contribution is 2.25. The first-order valence-corrected chi connectivity index (χ1v) is 6.59. The number of hydrogen-bond acceptors (Lipinski definition) is 4. The third-order valence-electron chi connectivity index (χ3n) is 2.93. The molecule has 0 heterocycles. The molecule has 0 aliphatic rings. The molecule has 19 heavy (non-hydrogen) atoms. The zero-order valence-electron chi connectivity index (χ0n) is 11.9. The van der Waals surface area contributed by atoms with Crippen molar-refractivity contribution in [3.63, 3.8) is 0 Å². The monoisotopic (exact) mass is 262 g/mol. The fourth-order valence-electron chi connectivity index (χ4n) is 1.83. The van der Waals surface area contributed by atoms with Gasteiger partial charge in [-0.25, -0.2) is 0 Å². The summed E-state index contributed by atoms with van der Waals surface area (Å²) in [4.78, 5) is 2.21. The predicted octanol–water partition coefficient (Wildman–Crippen LogP) is 2.56. The van der Waals surface area contributed by atoms with Crippen LogP contribution in [0.5, 0.6) is 11.5 Å². The van der Waals surface area contributed by atoms with Crippen LogP contribution in [0.25, 0.3) is 0 Å². The van der Waals surface area contributed by atoms with Crippen LogP contribution in [-0.4, -0.2) is 38.3 Å². The Labute approximate surface area is 115 Å². The smallest absolute Gasteiger partial charge is 0.161 e. The van der Waals surface area contributed by atoms with Gasteiger partial charge < -0.3 is 9.47 Å². The Bertz CT molecular complexity index is 415. The van der Waals surface area contributed by atoms with Crippen LogP contribution < -0.4 is 9.47 Å². The summed E-state index contributed by atoms with van der Waals surface area (Å²) in [5.41, 5.74) is 0. The molecule has 0 saturated heterocycles. The maximum absolute atomic E-state index is 8.83. The standard InChI is InChI=1S/C15H22N2O2/c1-4-17(12-13(2)11-16)9-10-19-15-8-6-5-7-14(15)18-3/h5-8,13H,4,9-10,12H2,1-3H3. The molecular weight excluding hydrogens is 240 g/mol. The average Bonchev–Trinajstić information content (AvgIpc) is 2.46. The van der Waals surface area contributed by atoms with E-state index >= 15 is 0 Å². The Hall–Kier alpha value is -1.73. The number of nitrogens with zero attached hydrogens (tertiary/aromatic N) is 2. The van der Waals surface area contributed by atoms with Crippen LogP contribution in [0.1, 0.15) is 13.8 Å². The summed E-state index contributed by atoms with van der Waals surface area (Å²) in [5, 5.41) is 8.83. The summed E-state index contributed by atoms with van der Waals surface area (Å²) < 4.78 is 11.0. The second kappa shape index (κ2) is 8.39. The second-order valence-corrected chi connectivity index (χ2v) is 4.42. The van der Waals surface area contributed by atoms with Crippen molar-refractivity contribution in [3.8, 4) is 17.6 Å². The van der Waals surface area contributed by atoms with Gasteiger partial charge >= 0.3 is 0 Å². The van der Waals surface area contributed by atoms with Crippen LogP contribution in [0.2, 0.25) is 0 Å². The van der Waals surface area contributed by atoms with Gasteiger partial charge in [0.2, 0.25) is 0 Å². The van der Waals surface area contributed by atoms with Gasteiger partial charge in [0.25, 0.3) is 0 Å². The Kier molecular flexibility index (Phi) is 6.76. The normalized spacial score (nSPS) is 11.9. The van der Waals surface area contributed by atoms with Crippen molar-refractivity contribution in [1.29, 1.82) is 5.26 Å². The first-order chi connectivity index (χ1) is 9.21. The summed E-state index contributed by atoms with van der Waals surface area (Å²) in [6.07, 6.45) is 0. The molecule has 0 aliphatic heterocycles. The van der Waals surface area contributed by atoms with Crippen LogP contribution in [0, 0.1) is 17.2 Å². The van der Waals surface area contributed by atoms with E-state index < -0.39 is 0 Å². The third kappa shape index (κ3) is 5.19. The Balaban J connectivity index is 2.42. The van der Waals surface area contributed by atoms with E-state index in [1.807, 2.05) is 31.2 Å². The number of nitriles is 1. The molecule has 0 N–H and O–H groups in total. The summed E-state index contributed by atoms with van der Waals surface area (Å²) in [6.45, 7) is 7.12. The minimum absolute atomic E-state index is 0.0474. The molecule has 0 bridgehead atoms. The molecule has 0 saturated carbocycles. The zero-order chi connectivity index (χ0) is 14.1. The molecule has 0 spiro atoms. The first-order valence-electron chi connectivity index (χ1n) is 6.59. The fourth-order valence-corrected chi connectivity index (χ4v) is 1.83. The van der Waals surface area contributed by atoms with Crippen molar-refractivity contribution < 1.29 is 9.47 Å². The van der Waals surface area contributed by atoms with Gasteiger partial charge in [0.1, 0.15) is 6.61 Å². The summed E-state index contributed by atoms with van der Waals surface area (Å²) in [5.74, 6) is 1.55. The van der Waals surface area contributed by atoms with Gasteiger partial charge in [-0.05, 0) is 25.6 Å². The van der Waals surface area contributed by atoms with Gasteiger partial charge in [0, 0.05) is 13.1 Å². The maximum atomic E-state index is 8.83. The van der Waals surface area contributed by atoms with Crippen LogP contribution in [0.3, 0.4) is 0 Å². The number of benzene rings is 1. The highest BCUT2D eigenvalue weighted by atomic mass is 16.5. The molecule has 0 radical (unpaired) electrons. The molecule has 1 aromatic carbocycles. The van der Waals surface area contributed by atoms with Gasteiger partial charge in [0.05, 0.1) is 19.1 Å². The zero-order valence-corrected chi connectivity index (χ0v) is 11.9. The first kappa shape index (κ1) is 15.3. The third-order valence-corrected chi connectivity index (χ3v) is 2.93. The van der Waals surface area contributed by atoms with Gasteiger partial charge in [-0.1, -0.05) is 19.1 Å². The van der Waals surface area contributed by atoms with E-state index in [4.69, 9.17) is 14.7 Å². The van der Waals surface area contributed by atoms with Gasteiger partial charge in [-0.15, -0.1) is 0 Å². The molecule has 4 nitrogen and oxygen atoms in total. The maximum Gasteiger partial charge on any atom is 0.161 e. The lowest BCUT2D eigenvalue weighted by Crippen LogP contribution is -2.32.